The highest BCUT2D eigenvalue weighted by molar-refractivity contribution is 6.01. The number of ether oxygens (including phenoxy) is 2. The van der Waals surface area contributed by atoms with Crippen LogP contribution in [0.1, 0.15) is 0 Å². The molecule has 1 unspecified atom stereocenters. The van der Waals surface area contributed by atoms with Gasteiger partial charge in [0.25, 0.3) is 0 Å². The molecule has 19 heavy (non-hydrogen) atoms. The van der Waals surface area contributed by atoms with Crippen LogP contribution in [0.3, 0.4) is 0 Å². The molecule has 1 amide bonds. The molecule has 0 aliphatic carbocycles. The smallest absolute Gasteiger partial charge is 0.414 e. The average molecular weight is 263 g/mol. The maximum Gasteiger partial charge on any atom is 0.414 e. The predicted molar refractivity (Wildman–Crippen MR) is 67.4 cm³/mol. The second-order valence-corrected chi connectivity index (χ2v) is 4.37. The largest absolute Gasteiger partial charge is 0.508 e. The molecule has 2 heterocycles. The molecule has 0 bridgehead atoms. The van der Waals surface area contributed by atoms with Gasteiger partial charge < -0.3 is 19.0 Å². The van der Waals surface area contributed by atoms with Crippen molar-refractivity contribution in [3.05, 3.63) is 24.5 Å². The monoisotopic (exact) mass is 263 g/mol. The van der Waals surface area contributed by atoms with Crippen LogP contribution in [-0.4, -0.2) is 37.6 Å². The van der Waals surface area contributed by atoms with Gasteiger partial charge in [-0.05, 0) is 12.1 Å². The zero-order chi connectivity index (χ0) is 13.4. The summed E-state index contributed by atoms with van der Waals surface area (Å²) in [7, 11) is 1.56. The molecule has 2 aromatic rings. The van der Waals surface area contributed by atoms with E-state index in [1.54, 1.807) is 19.2 Å². The Morgan fingerprint density at radius 1 is 1.53 bits per heavy atom. The average Bonchev–Trinajstić information content (AvgIpc) is 2.93. The molecule has 1 N–H and O–H groups in total. The molecule has 1 aliphatic heterocycles. The van der Waals surface area contributed by atoms with Crippen LogP contribution in [0.2, 0.25) is 0 Å². The number of nitrogens with zero attached hydrogens (tertiary/aromatic N) is 1. The highest BCUT2D eigenvalue weighted by Crippen LogP contribution is 2.33. The Labute approximate surface area is 109 Å². The van der Waals surface area contributed by atoms with Gasteiger partial charge in [0.15, 0.2) is 0 Å². The molecule has 3 rings (SSSR count). The van der Waals surface area contributed by atoms with Crippen LogP contribution in [0.4, 0.5) is 10.5 Å². The van der Waals surface area contributed by atoms with Gasteiger partial charge in [0, 0.05) is 18.6 Å². The third kappa shape index (κ3) is 2.00. The second-order valence-electron chi connectivity index (χ2n) is 4.37. The Hall–Kier alpha value is -2.21. The molecule has 6 nitrogen and oxygen atoms in total. The normalized spacial score (nSPS) is 19.1. The molecule has 0 spiro atoms. The van der Waals surface area contributed by atoms with Crippen LogP contribution in [0.25, 0.3) is 11.0 Å². The molecule has 1 atom stereocenters. The number of amides is 1. The van der Waals surface area contributed by atoms with Crippen molar-refractivity contribution in [2.45, 2.75) is 6.10 Å². The van der Waals surface area contributed by atoms with Gasteiger partial charge in [-0.15, -0.1) is 0 Å². The van der Waals surface area contributed by atoms with Crippen molar-refractivity contribution in [2.75, 3.05) is 25.2 Å². The fraction of sp³-hybridized carbons (Fsp3) is 0.308. The van der Waals surface area contributed by atoms with E-state index in [9.17, 15) is 9.90 Å². The number of cyclic esters (lactones) is 1. The van der Waals surface area contributed by atoms with Gasteiger partial charge in [0.2, 0.25) is 0 Å². The number of phenols is 1. The molecule has 1 aromatic heterocycles. The number of carbonyl (C=O) groups excluding carboxylic acids is 1. The number of aromatic hydroxyl groups is 1. The van der Waals surface area contributed by atoms with E-state index < -0.39 is 6.09 Å². The maximum absolute atomic E-state index is 11.8. The van der Waals surface area contributed by atoms with Crippen molar-refractivity contribution in [1.29, 1.82) is 0 Å². The number of phenolic OH excluding ortho intramolecular Hbond substituents is 1. The zero-order valence-corrected chi connectivity index (χ0v) is 10.3. The third-order valence-corrected chi connectivity index (χ3v) is 3.06. The van der Waals surface area contributed by atoms with Gasteiger partial charge in [-0.1, -0.05) is 0 Å². The van der Waals surface area contributed by atoms with Crippen molar-refractivity contribution >= 4 is 22.7 Å². The quantitative estimate of drug-likeness (QED) is 0.918. The number of fused-ring (bicyclic) bond motifs is 1. The van der Waals surface area contributed by atoms with Crippen LogP contribution in [-0.2, 0) is 9.47 Å². The molecule has 1 fully saturated rings. The number of hydrogen-bond donors (Lipinski definition) is 1. The SMILES string of the molecule is COCC1CN(c2coc3cc(O)ccc23)C(=O)O1. The summed E-state index contributed by atoms with van der Waals surface area (Å²) >= 11 is 0. The van der Waals surface area contributed by atoms with Crippen molar-refractivity contribution in [3.8, 4) is 5.75 Å². The first-order chi connectivity index (χ1) is 9.19. The number of benzene rings is 1. The van der Waals surface area contributed by atoms with E-state index >= 15 is 0 Å². The molecule has 0 radical (unpaired) electrons. The lowest BCUT2D eigenvalue weighted by Gasteiger charge is -2.10. The molecular formula is C13H13NO5. The van der Waals surface area contributed by atoms with Crippen LogP contribution < -0.4 is 4.90 Å². The highest BCUT2D eigenvalue weighted by atomic mass is 16.6. The highest BCUT2D eigenvalue weighted by Gasteiger charge is 2.34. The number of carbonyl (C=O) groups is 1. The fourth-order valence-electron chi connectivity index (χ4n) is 2.20. The zero-order valence-electron chi connectivity index (χ0n) is 10.3. The van der Waals surface area contributed by atoms with E-state index in [0.29, 0.717) is 24.4 Å². The Kier molecular flexibility index (Phi) is 2.79. The minimum absolute atomic E-state index is 0.120. The standard InChI is InChI=1S/C13H13NO5/c1-17-6-9-5-14(13(16)19-9)11-7-18-12-4-8(15)2-3-10(11)12/h2-4,7,9,15H,5-6H2,1H3. The summed E-state index contributed by atoms with van der Waals surface area (Å²) in [5.74, 6) is 0.120. The Bertz CT molecular complexity index is 621. The Morgan fingerprint density at radius 3 is 3.16 bits per heavy atom. The summed E-state index contributed by atoms with van der Waals surface area (Å²) in [4.78, 5) is 13.3. The lowest BCUT2D eigenvalue weighted by Crippen LogP contribution is -2.25. The number of furan rings is 1. The van der Waals surface area contributed by atoms with Crippen molar-refractivity contribution in [2.24, 2.45) is 0 Å². The summed E-state index contributed by atoms with van der Waals surface area (Å²) in [6.45, 7) is 0.779. The van der Waals surface area contributed by atoms with Gasteiger partial charge in [0.1, 0.15) is 23.7 Å². The minimum atomic E-state index is -0.419. The van der Waals surface area contributed by atoms with E-state index in [4.69, 9.17) is 13.9 Å². The molecule has 1 saturated heterocycles. The fourth-order valence-corrected chi connectivity index (χ4v) is 2.20. The number of methoxy groups -OCH3 is 1. The second kappa shape index (κ2) is 4.47. The van der Waals surface area contributed by atoms with Crippen LogP contribution in [0.5, 0.6) is 5.75 Å². The summed E-state index contributed by atoms with van der Waals surface area (Å²) in [5, 5.41) is 10.1. The van der Waals surface area contributed by atoms with Crippen molar-refractivity contribution in [1.82, 2.24) is 0 Å². The summed E-state index contributed by atoms with van der Waals surface area (Å²) in [6, 6.07) is 4.77. The van der Waals surface area contributed by atoms with Gasteiger partial charge in [-0.25, -0.2) is 4.79 Å². The Morgan fingerprint density at radius 2 is 2.37 bits per heavy atom. The number of anilines is 1. The lowest BCUT2D eigenvalue weighted by molar-refractivity contribution is 0.0718. The first-order valence-corrected chi connectivity index (χ1v) is 5.86. The first-order valence-electron chi connectivity index (χ1n) is 5.86. The predicted octanol–water partition coefficient (Wildman–Crippen LogP) is 2.11. The third-order valence-electron chi connectivity index (χ3n) is 3.06. The number of rotatable bonds is 3. The van der Waals surface area contributed by atoms with Crippen LogP contribution in [0, 0.1) is 0 Å². The summed E-state index contributed by atoms with van der Waals surface area (Å²) < 4.78 is 15.5. The van der Waals surface area contributed by atoms with Gasteiger partial charge in [-0.3, -0.25) is 4.90 Å². The molecule has 1 aromatic carbocycles. The van der Waals surface area contributed by atoms with Crippen molar-refractivity contribution < 1.29 is 23.8 Å². The molecule has 0 saturated carbocycles. The topological polar surface area (TPSA) is 72.1 Å². The van der Waals surface area contributed by atoms with E-state index in [1.807, 2.05) is 0 Å². The van der Waals surface area contributed by atoms with Crippen molar-refractivity contribution in [3.63, 3.8) is 0 Å². The van der Waals surface area contributed by atoms with Gasteiger partial charge in [0.05, 0.1) is 18.8 Å². The Balaban J connectivity index is 1.94. The summed E-state index contributed by atoms with van der Waals surface area (Å²) in [5.41, 5.74) is 1.16. The van der Waals surface area contributed by atoms with E-state index in [2.05, 4.69) is 0 Å². The minimum Gasteiger partial charge on any atom is -0.508 e. The molecule has 1 aliphatic rings. The van der Waals surface area contributed by atoms with Crippen LogP contribution >= 0.6 is 0 Å². The van der Waals surface area contributed by atoms with E-state index in [-0.39, 0.29) is 11.9 Å². The molecule has 6 heteroatoms. The number of hydrogen-bond acceptors (Lipinski definition) is 5. The maximum atomic E-state index is 11.8. The first kappa shape index (κ1) is 11.9. The molecule has 100 valence electrons. The van der Waals surface area contributed by atoms with E-state index in [0.717, 1.165) is 5.39 Å². The van der Waals surface area contributed by atoms with Crippen LogP contribution in [0.15, 0.2) is 28.9 Å². The van der Waals surface area contributed by atoms with E-state index in [1.165, 1.54) is 17.2 Å². The molecular weight excluding hydrogens is 250 g/mol. The van der Waals surface area contributed by atoms with Gasteiger partial charge in [-0.2, -0.15) is 0 Å². The lowest BCUT2D eigenvalue weighted by atomic mass is 10.2. The van der Waals surface area contributed by atoms with Gasteiger partial charge >= 0.3 is 6.09 Å². The summed E-state index contributed by atoms with van der Waals surface area (Å²) in [6.07, 6.45) is 0.790.